The molecule has 2 saturated carbocycles. The molecule has 1 aliphatic heterocycles. The van der Waals surface area contributed by atoms with Gasteiger partial charge < -0.3 is 10.1 Å². The minimum atomic E-state index is -0.0323. The van der Waals surface area contributed by atoms with Gasteiger partial charge in [0.1, 0.15) is 0 Å². The maximum atomic E-state index is 13.0. The number of ether oxygens (including phenoxy) is 1. The maximum absolute atomic E-state index is 13.0. The average molecular weight is 339 g/mol. The van der Waals surface area contributed by atoms with Gasteiger partial charge in [-0.25, -0.2) is 0 Å². The highest BCUT2D eigenvalue weighted by atomic mass is 16.5. The molecular weight excluding hydrogens is 314 g/mol. The number of nitrogens with one attached hydrogen (secondary N) is 1. The Kier molecular flexibility index (Phi) is 3.59. The molecule has 25 heavy (non-hydrogen) atoms. The van der Waals surface area contributed by atoms with Gasteiger partial charge in [-0.2, -0.15) is 5.10 Å². The lowest BCUT2D eigenvalue weighted by Crippen LogP contribution is -2.63. The number of aromatic nitrogens is 2. The number of carbonyl (C=O) groups is 1. The summed E-state index contributed by atoms with van der Waals surface area (Å²) in [6, 6.07) is 8.18. The Balaban J connectivity index is 1.40. The van der Waals surface area contributed by atoms with Gasteiger partial charge in [-0.1, -0.05) is 43.9 Å². The number of rotatable bonds is 3. The lowest BCUT2D eigenvalue weighted by molar-refractivity contribution is -0.0784. The molecule has 2 aromatic rings. The Hall–Kier alpha value is -1.88. The van der Waals surface area contributed by atoms with Crippen molar-refractivity contribution in [3.05, 3.63) is 30.0 Å². The number of amides is 1. The molecule has 1 aromatic heterocycles. The van der Waals surface area contributed by atoms with Crippen molar-refractivity contribution in [2.45, 2.75) is 44.2 Å². The molecule has 5 nitrogen and oxygen atoms in total. The highest BCUT2D eigenvalue weighted by Crippen LogP contribution is 2.51. The Labute approximate surface area is 147 Å². The Morgan fingerprint density at radius 2 is 2.04 bits per heavy atom. The van der Waals surface area contributed by atoms with Crippen LogP contribution in [0.2, 0.25) is 0 Å². The van der Waals surface area contributed by atoms with Crippen molar-refractivity contribution in [1.29, 1.82) is 0 Å². The SMILES string of the molecule is Cn1nc(C(=O)N[C@H]2[C@H]3CCO[C@H]3[C@H]2C2CCCC2)c2ccccc21. The molecule has 0 spiro atoms. The smallest absolute Gasteiger partial charge is 0.272 e. The van der Waals surface area contributed by atoms with E-state index in [1.807, 2.05) is 31.3 Å². The van der Waals surface area contributed by atoms with Crippen molar-refractivity contribution in [3.8, 4) is 0 Å². The van der Waals surface area contributed by atoms with E-state index >= 15 is 0 Å². The van der Waals surface area contributed by atoms with E-state index in [1.165, 1.54) is 25.7 Å². The van der Waals surface area contributed by atoms with Crippen LogP contribution in [0, 0.1) is 17.8 Å². The third-order valence-electron chi connectivity index (χ3n) is 6.65. The van der Waals surface area contributed by atoms with Gasteiger partial charge in [-0.3, -0.25) is 9.48 Å². The van der Waals surface area contributed by atoms with Gasteiger partial charge >= 0.3 is 0 Å². The third kappa shape index (κ3) is 2.32. The van der Waals surface area contributed by atoms with Gasteiger partial charge in [0, 0.05) is 36.9 Å². The lowest BCUT2D eigenvalue weighted by atomic mass is 9.61. The molecule has 0 radical (unpaired) electrons. The Morgan fingerprint density at radius 3 is 2.88 bits per heavy atom. The molecule has 4 atom stereocenters. The van der Waals surface area contributed by atoms with Crippen molar-refractivity contribution < 1.29 is 9.53 Å². The zero-order chi connectivity index (χ0) is 17.0. The Morgan fingerprint density at radius 1 is 1.24 bits per heavy atom. The summed E-state index contributed by atoms with van der Waals surface area (Å²) in [5.74, 6) is 1.67. The van der Waals surface area contributed by atoms with Crippen molar-refractivity contribution >= 4 is 16.8 Å². The molecule has 132 valence electrons. The number of aryl methyl sites for hydroxylation is 1. The van der Waals surface area contributed by atoms with E-state index in [0.29, 0.717) is 29.6 Å². The molecule has 3 fully saturated rings. The van der Waals surface area contributed by atoms with Crippen molar-refractivity contribution in [2.75, 3.05) is 6.61 Å². The van der Waals surface area contributed by atoms with E-state index in [0.717, 1.165) is 23.9 Å². The summed E-state index contributed by atoms with van der Waals surface area (Å²) in [5, 5.41) is 8.75. The van der Waals surface area contributed by atoms with Crippen LogP contribution < -0.4 is 5.32 Å². The first-order valence-corrected chi connectivity index (χ1v) is 9.58. The van der Waals surface area contributed by atoms with Gasteiger partial charge in [-0.15, -0.1) is 0 Å². The van der Waals surface area contributed by atoms with Crippen LogP contribution in [-0.2, 0) is 11.8 Å². The zero-order valence-corrected chi connectivity index (χ0v) is 14.6. The molecule has 5 heteroatoms. The summed E-state index contributed by atoms with van der Waals surface area (Å²) in [6.45, 7) is 0.845. The van der Waals surface area contributed by atoms with E-state index in [1.54, 1.807) is 4.68 Å². The molecule has 2 heterocycles. The minimum absolute atomic E-state index is 0.0323. The molecule has 2 aliphatic carbocycles. The first-order valence-electron chi connectivity index (χ1n) is 9.58. The Bertz CT molecular complexity index is 804. The molecule has 0 bridgehead atoms. The van der Waals surface area contributed by atoms with Crippen LogP contribution in [0.5, 0.6) is 0 Å². The number of carbonyl (C=O) groups excluding carboxylic acids is 1. The number of hydrogen-bond acceptors (Lipinski definition) is 3. The van der Waals surface area contributed by atoms with Crippen LogP contribution in [0.1, 0.15) is 42.6 Å². The summed E-state index contributed by atoms with van der Waals surface area (Å²) >= 11 is 0. The fourth-order valence-corrected chi connectivity index (χ4v) is 5.46. The highest BCUT2D eigenvalue weighted by Gasteiger charge is 2.57. The first-order chi connectivity index (χ1) is 12.2. The van der Waals surface area contributed by atoms with Crippen LogP contribution >= 0.6 is 0 Å². The summed E-state index contributed by atoms with van der Waals surface area (Å²) in [7, 11) is 1.89. The average Bonchev–Trinajstić information content (AvgIpc) is 3.34. The fourth-order valence-electron chi connectivity index (χ4n) is 5.46. The van der Waals surface area contributed by atoms with Gasteiger partial charge in [0.25, 0.3) is 5.91 Å². The second-order valence-electron chi connectivity index (χ2n) is 7.90. The third-order valence-corrected chi connectivity index (χ3v) is 6.65. The second-order valence-corrected chi connectivity index (χ2v) is 7.90. The standard InChI is InChI=1S/C20H25N3O2/c1-23-15-9-5-4-8-13(15)18(22-23)20(24)21-17-14-10-11-25-19(14)16(17)12-6-2-3-7-12/h4-5,8-9,12,14,16-17,19H,2-3,6-7,10-11H2,1H3,(H,21,24)/t14-,16+,17+,19-/m1/s1. The highest BCUT2D eigenvalue weighted by molar-refractivity contribution is 6.05. The lowest BCUT2D eigenvalue weighted by Gasteiger charge is -2.50. The molecule has 5 rings (SSSR count). The number of nitrogens with zero attached hydrogens (tertiary/aromatic N) is 2. The van der Waals surface area contributed by atoms with E-state index in [9.17, 15) is 4.79 Å². The van der Waals surface area contributed by atoms with E-state index in [4.69, 9.17) is 4.74 Å². The van der Waals surface area contributed by atoms with Crippen LogP contribution in [-0.4, -0.2) is 34.4 Å². The predicted octanol–water partition coefficient (Wildman–Crippen LogP) is 2.90. The first kappa shape index (κ1) is 15.4. The fraction of sp³-hybridized carbons (Fsp3) is 0.600. The van der Waals surface area contributed by atoms with Crippen molar-refractivity contribution in [1.82, 2.24) is 15.1 Å². The van der Waals surface area contributed by atoms with Gasteiger partial charge in [-0.05, 0) is 18.4 Å². The molecule has 3 aliphatic rings. The van der Waals surface area contributed by atoms with Crippen LogP contribution in [0.3, 0.4) is 0 Å². The van der Waals surface area contributed by atoms with Crippen LogP contribution in [0.25, 0.3) is 10.9 Å². The van der Waals surface area contributed by atoms with E-state index in [-0.39, 0.29) is 11.9 Å². The largest absolute Gasteiger partial charge is 0.377 e. The molecular formula is C20H25N3O2. The van der Waals surface area contributed by atoms with Gasteiger partial charge in [0.15, 0.2) is 5.69 Å². The van der Waals surface area contributed by atoms with Crippen LogP contribution in [0.4, 0.5) is 0 Å². The minimum Gasteiger partial charge on any atom is -0.377 e. The summed E-state index contributed by atoms with van der Waals surface area (Å²) in [4.78, 5) is 13.0. The van der Waals surface area contributed by atoms with Gasteiger partial charge in [0.2, 0.25) is 0 Å². The number of benzene rings is 1. The number of fused-ring (bicyclic) bond motifs is 2. The van der Waals surface area contributed by atoms with E-state index in [2.05, 4.69) is 10.4 Å². The quantitative estimate of drug-likeness (QED) is 0.935. The normalized spacial score (nSPS) is 31.9. The van der Waals surface area contributed by atoms with Crippen molar-refractivity contribution in [3.63, 3.8) is 0 Å². The number of hydrogen-bond donors (Lipinski definition) is 1. The molecule has 0 unspecified atom stereocenters. The molecule has 1 N–H and O–H groups in total. The predicted molar refractivity (Wildman–Crippen MR) is 95.3 cm³/mol. The van der Waals surface area contributed by atoms with E-state index < -0.39 is 0 Å². The second kappa shape index (κ2) is 5.84. The van der Waals surface area contributed by atoms with Crippen molar-refractivity contribution in [2.24, 2.45) is 24.8 Å². The summed E-state index contributed by atoms with van der Waals surface area (Å²) < 4.78 is 7.79. The molecule has 1 amide bonds. The molecule has 1 saturated heterocycles. The maximum Gasteiger partial charge on any atom is 0.272 e. The van der Waals surface area contributed by atoms with Gasteiger partial charge in [0.05, 0.1) is 11.6 Å². The summed E-state index contributed by atoms with van der Waals surface area (Å²) in [6.07, 6.45) is 6.66. The topological polar surface area (TPSA) is 56.2 Å². The van der Waals surface area contributed by atoms with Crippen LogP contribution in [0.15, 0.2) is 24.3 Å². The number of para-hydroxylation sites is 1. The zero-order valence-electron chi connectivity index (χ0n) is 14.6. The monoisotopic (exact) mass is 339 g/mol. The molecule has 1 aromatic carbocycles. The summed E-state index contributed by atoms with van der Waals surface area (Å²) in [5.41, 5.74) is 1.54.